The minimum atomic E-state index is 0.0642. The summed E-state index contributed by atoms with van der Waals surface area (Å²) in [5.74, 6) is 1.43. The standard InChI is InChI=1S/C14H16O2/c1-14(6-4-12(15)9-14)11-2-3-13-10(8-11)5-7-16-13/h2-3,8H,4-7,9H2,1H3. The second-order valence-electron chi connectivity index (χ2n) is 5.20. The molecule has 84 valence electrons. The van der Waals surface area contributed by atoms with Crippen molar-refractivity contribution in [2.75, 3.05) is 6.61 Å². The van der Waals surface area contributed by atoms with Gasteiger partial charge in [0.15, 0.2) is 0 Å². The first-order chi connectivity index (χ1) is 7.67. The van der Waals surface area contributed by atoms with Crippen LogP contribution in [0.3, 0.4) is 0 Å². The lowest BCUT2D eigenvalue weighted by Gasteiger charge is -2.23. The molecule has 0 bridgehead atoms. The van der Waals surface area contributed by atoms with Crippen molar-refractivity contribution in [3.63, 3.8) is 0 Å². The lowest BCUT2D eigenvalue weighted by atomic mass is 9.80. The molecule has 0 amide bonds. The quantitative estimate of drug-likeness (QED) is 0.721. The van der Waals surface area contributed by atoms with Gasteiger partial charge in [0.25, 0.3) is 0 Å². The molecule has 0 radical (unpaired) electrons. The first-order valence-electron chi connectivity index (χ1n) is 5.95. The number of ether oxygens (including phenoxy) is 1. The Labute approximate surface area is 95.6 Å². The Morgan fingerprint density at radius 2 is 2.19 bits per heavy atom. The highest BCUT2D eigenvalue weighted by molar-refractivity contribution is 5.82. The summed E-state index contributed by atoms with van der Waals surface area (Å²) in [6.07, 6.45) is 3.44. The van der Waals surface area contributed by atoms with Gasteiger partial charge >= 0.3 is 0 Å². The Bertz CT molecular complexity index is 450. The van der Waals surface area contributed by atoms with Gasteiger partial charge in [-0.3, -0.25) is 4.79 Å². The molecule has 0 saturated heterocycles. The fourth-order valence-electron chi connectivity index (χ4n) is 2.84. The van der Waals surface area contributed by atoms with Crippen LogP contribution >= 0.6 is 0 Å². The van der Waals surface area contributed by atoms with E-state index in [9.17, 15) is 4.79 Å². The summed E-state index contributed by atoms with van der Waals surface area (Å²) < 4.78 is 5.50. The van der Waals surface area contributed by atoms with E-state index in [0.717, 1.165) is 31.6 Å². The number of fused-ring (bicyclic) bond motifs is 1. The molecule has 1 unspecified atom stereocenters. The lowest BCUT2D eigenvalue weighted by molar-refractivity contribution is -0.117. The second kappa shape index (κ2) is 3.34. The molecule has 0 aromatic heterocycles. The molecule has 1 aliphatic carbocycles. The predicted octanol–water partition coefficient (Wildman–Crippen LogP) is 2.63. The monoisotopic (exact) mass is 216 g/mol. The Morgan fingerprint density at radius 3 is 2.94 bits per heavy atom. The maximum Gasteiger partial charge on any atom is 0.133 e. The normalized spacial score (nSPS) is 27.9. The summed E-state index contributed by atoms with van der Waals surface area (Å²) in [7, 11) is 0. The highest BCUT2D eigenvalue weighted by Crippen LogP contribution is 2.40. The van der Waals surface area contributed by atoms with Gasteiger partial charge in [-0.1, -0.05) is 19.1 Å². The average Bonchev–Trinajstić information content (AvgIpc) is 2.84. The van der Waals surface area contributed by atoms with Crippen LogP contribution in [0.25, 0.3) is 0 Å². The third-order valence-electron chi connectivity index (χ3n) is 3.93. The van der Waals surface area contributed by atoms with Crippen LogP contribution in [-0.2, 0) is 16.6 Å². The van der Waals surface area contributed by atoms with Gasteiger partial charge in [-0.05, 0) is 29.0 Å². The van der Waals surface area contributed by atoms with E-state index >= 15 is 0 Å². The van der Waals surface area contributed by atoms with Crippen LogP contribution in [0.15, 0.2) is 18.2 Å². The van der Waals surface area contributed by atoms with Gasteiger partial charge in [0.2, 0.25) is 0 Å². The Kier molecular flexibility index (Phi) is 2.06. The van der Waals surface area contributed by atoms with E-state index in [1.165, 1.54) is 11.1 Å². The maximum atomic E-state index is 11.4. The number of Topliss-reactive ketones (excluding diaryl/α,β-unsaturated/α-hetero) is 1. The average molecular weight is 216 g/mol. The van der Waals surface area contributed by atoms with Crippen LogP contribution in [0.2, 0.25) is 0 Å². The number of hydrogen-bond donors (Lipinski definition) is 0. The zero-order valence-electron chi connectivity index (χ0n) is 9.58. The van der Waals surface area contributed by atoms with Gasteiger partial charge in [-0.25, -0.2) is 0 Å². The minimum absolute atomic E-state index is 0.0642. The fourth-order valence-corrected chi connectivity index (χ4v) is 2.84. The number of carbonyl (C=O) groups is 1. The van der Waals surface area contributed by atoms with Gasteiger partial charge < -0.3 is 4.74 Å². The molecule has 2 heteroatoms. The number of hydrogen-bond acceptors (Lipinski definition) is 2. The van der Waals surface area contributed by atoms with E-state index in [0.29, 0.717) is 12.2 Å². The highest BCUT2D eigenvalue weighted by atomic mass is 16.5. The van der Waals surface area contributed by atoms with Crippen LogP contribution in [0.5, 0.6) is 5.75 Å². The molecule has 0 spiro atoms. The lowest BCUT2D eigenvalue weighted by Crippen LogP contribution is -2.17. The van der Waals surface area contributed by atoms with Crippen LogP contribution in [0.4, 0.5) is 0 Å². The molecule has 2 aliphatic rings. The molecule has 1 atom stereocenters. The molecule has 1 fully saturated rings. The molecule has 3 rings (SSSR count). The predicted molar refractivity (Wildman–Crippen MR) is 61.9 cm³/mol. The Balaban J connectivity index is 1.98. The third-order valence-corrected chi connectivity index (χ3v) is 3.93. The molecular weight excluding hydrogens is 200 g/mol. The van der Waals surface area contributed by atoms with Gasteiger partial charge in [0.1, 0.15) is 11.5 Å². The Hall–Kier alpha value is -1.31. The zero-order valence-corrected chi connectivity index (χ0v) is 9.58. The molecular formula is C14H16O2. The van der Waals surface area contributed by atoms with Crippen molar-refractivity contribution < 1.29 is 9.53 Å². The van der Waals surface area contributed by atoms with Crippen molar-refractivity contribution in [1.82, 2.24) is 0 Å². The molecule has 1 aliphatic heterocycles. The first kappa shape index (κ1) is 9.88. The van der Waals surface area contributed by atoms with Gasteiger partial charge in [0, 0.05) is 19.3 Å². The van der Waals surface area contributed by atoms with Crippen molar-refractivity contribution >= 4 is 5.78 Å². The molecule has 0 N–H and O–H groups in total. The van der Waals surface area contributed by atoms with Crippen molar-refractivity contribution in [3.8, 4) is 5.75 Å². The van der Waals surface area contributed by atoms with E-state index in [2.05, 4.69) is 25.1 Å². The largest absolute Gasteiger partial charge is 0.493 e. The van der Waals surface area contributed by atoms with Gasteiger partial charge in [-0.2, -0.15) is 0 Å². The zero-order chi connectivity index (χ0) is 11.2. The molecule has 2 nitrogen and oxygen atoms in total. The molecule has 1 aromatic rings. The fraction of sp³-hybridized carbons (Fsp3) is 0.500. The van der Waals surface area contributed by atoms with Crippen LogP contribution in [0.1, 0.15) is 37.3 Å². The van der Waals surface area contributed by atoms with Crippen molar-refractivity contribution in [1.29, 1.82) is 0 Å². The smallest absolute Gasteiger partial charge is 0.133 e. The second-order valence-corrected chi connectivity index (χ2v) is 5.20. The van der Waals surface area contributed by atoms with Crippen LogP contribution < -0.4 is 4.74 Å². The van der Waals surface area contributed by atoms with Crippen molar-refractivity contribution in [2.24, 2.45) is 0 Å². The molecule has 1 aromatic carbocycles. The summed E-state index contributed by atoms with van der Waals surface area (Å²) in [6.45, 7) is 3.00. The topological polar surface area (TPSA) is 26.3 Å². The number of ketones is 1. The summed E-state index contributed by atoms with van der Waals surface area (Å²) in [5.41, 5.74) is 2.68. The van der Waals surface area contributed by atoms with Gasteiger partial charge in [0.05, 0.1) is 6.61 Å². The SMILES string of the molecule is CC1(c2ccc3c(c2)CCO3)CCC(=O)C1. The highest BCUT2D eigenvalue weighted by Gasteiger charge is 2.35. The van der Waals surface area contributed by atoms with Crippen molar-refractivity contribution in [2.45, 2.75) is 38.0 Å². The Morgan fingerprint density at radius 1 is 1.31 bits per heavy atom. The van der Waals surface area contributed by atoms with Crippen LogP contribution in [-0.4, -0.2) is 12.4 Å². The minimum Gasteiger partial charge on any atom is -0.493 e. The molecule has 1 saturated carbocycles. The van der Waals surface area contributed by atoms with Gasteiger partial charge in [-0.15, -0.1) is 0 Å². The van der Waals surface area contributed by atoms with E-state index < -0.39 is 0 Å². The van der Waals surface area contributed by atoms with E-state index in [1.807, 2.05) is 0 Å². The van der Waals surface area contributed by atoms with E-state index in [-0.39, 0.29) is 5.41 Å². The van der Waals surface area contributed by atoms with Crippen LogP contribution in [0, 0.1) is 0 Å². The number of benzene rings is 1. The summed E-state index contributed by atoms with van der Waals surface area (Å²) >= 11 is 0. The summed E-state index contributed by atoms with van der Waals surface area (Å²) in [5, 5.41) is 0. The van der Waals surface area contributed by atoms with E-state index in [1.54, 1.807) is 0 Å². The molecule has 1 heterocycles. The number of rotatable bonds is 1. The first-order valence-corrected chi connectivity index (χ1v) is 5.95. The summed E-state index contributed by atoms with van der Waals surface area (Å²) in [6, 6.07) is 6.43. The summed E-state index contributed by atoms with van der Waals surface area (Å²) in [4.78, 5) is 11.4. The number of carbonyl (C=O) groups excluding carboxylic acids is 1. The molecule has 16 heavy (non-hydrogen) atoms. The van der Waals surface area contributed by atoms with Crippen molar-refractivity contribution in [3.05, 3.63) is 29.3 Å². The van der Waals surface area contributed by atoms with E-state index in [4.69, 9.17) is 4.74 Å². The maximum absolute atomic E-state index is 11.4. The third kappa shape index (κ3) is 1.44.